The van der Waals surface area contributed by atoms with E-state index in [1.807, 2.05) is 18.2 Å². The Morgan fingerprint density at radius 3 is 2.50 bits per heavy atom. The first-order valence-corrected chi connectivity index (χ1v) is 11.8. The third-order valence-corrected chi connectivity index (χ3v) is 6.83. The molecule has 0 aliphatic carbocycles. The fourth-order valence-corrected chi connectivity index (χ4v) is 5.12. The minimum absolute atomic E-state index is 0.00132. The van der Waals surface area contributed by atoms with Crippen molar-refractivity contribution in [2.45, 2.75) is 51.7 Å². The average molecular weight is 460 g/mol. The molecular formula is C27H29N3O4. The van der Waals surface area contributed by atoms with Gasteiger partial charge in [-0.25, -0.2) is 4.79 Å². The maximum Gasteiger partial charge on any atom is 0.331 e. The van der Waals surface area contributed by atoms with Crippen LogP contribution in [-0.4, -0.2) is 31.9 Å². The molecule has 2 aromatic carbocycles. The summed E-state index contributed by atoms with van der Waals surface area (Å²) in [7, 11) is 1.35. The van der Waals surface area contributed by atoms with Crippen molar-refractivity contribution in [2.75, 3.05) is 7.11 Å². The molecule has 3 heterocycles. The molecule has 1 aliphatic heterocycles. The zero-order valence-corrected chi connectivity index (χ0v) is 19.4. The van der Waals surface area contributed by atoms with Crippen molar-refractivity contribution in [1.82, 2.24) is 13.7 Å². The maximum absolute atomic E-state index is 13.2. The highest BCUT2D eigenvalue weighted by molar-refractivity contribution is 5.86. The highest BCUT2D eigenvalue weighted by atomic mass is 16.5. The highest BCUT2D eigenvalue weighted by Crippen LogP contribution is 2.35. The quantitative estimate of drug-likeness (QED) is 0.358. The minimum Gasteiger partial charge on any atom is -0.493 e. The number of carbonyl (C=O) groups excluding carboxylic acids is 1. The lowest BCUT2D eigenvalue weighted by molar-refractivity contribution is -0.140. The SMILES string of the molecule is COC(=O)CCCn1c(O)c2n(c1=O)Cc1c(c3ccccc3n1CCCc1ccccc1)C2. The molecule has 0 atom stereocenters. The van der Waals surface area contributed by atoms with Crippen molar-refractivity contribution < 1.29 is 14.6 Å². The van der Waals surface area contributed by atoms with Gasteiger partial charge < -0.3 is 14.4 Å². The van der Waals surface area contributed by atoms with E-state index in [-0.39, 0.29) is 30.5 Å². The van der Waals surface area contributed by atoms with Crippen molar-refractivity contribution in [3.63, 3.8) is 0 Å². The first-order valence-electron chi connectivity index (χ1n) is 11.8. The van der Waals surface area contributed by atoms with Gasteiger partial charge in [0.25, 0.3) is 0 Å². The Kier molecular flexibility index (Phi) is 6.01. The van der Waals surface area contributed by atoms with Gasteiger partial charge in [0, 0.05) is 42.5 Å². The van der Waals surface area contributed by atoms with Gasteiger partial charge in [0.15, 0.2) is 0 Å². The standard InChI is InChI=1S/C27H29N3O4/c1-34-25(31)14-8-16-29-26(32)23-17-21-20-12-5-6-13-22(20)28(24(21)18-30(23)27(29)33)15-7-11-19-9-3-2-4-10-19/h2-6,9-10,12-13,32H,7-8,11,14-18H2,1H3. The van der Waals surface area contributed by atoms with Crippen LogP contribution in [0.5, 0.6) is 5.88 Å². The van der Waals surface area contributed by atoms with Crippen molar-refractivity contribution in [3.05, 3.63) is 87.6 Å². The number of imidazole rings is 1. The van der Waals surface area contributed by atoms with E-state index >= 15 is 0 Å². The largest absolute Gasteiger partial charge is 0.493 e. The Morgan fingerprint density at radius 1 is 0.971 bits per heavy atom. The molecule has 176 valence electrons. The molecule has 34 heavy (non-hydrogen) atoms. The Bertz CT molecular complexity index is 1400. The number of esters is 1. The van der Waals surface area contributed by atoms with Crippen molar-refractivity contribution in [3.8, 4) is 5.88 Å². The zero-order valence-electron chi connectivity index (χ0n) is 19.4. The lowest BCUT2D eigenvalue weighted by Gasteiger charge is -2.18. The van der Waals surface area contributed by atoms with E-state index in [1.54, 1.807) is 4.57 Å². The number of benzene rings is 2. The molecule has 0 unspecified atom stereocenters. The summed E-state index contributed by atoms with van der Waals surface area (Å²) in [5, 5.41) is 12.0. The van der Waals surface area contributed by atoms with E-state index in [2.05, 4.69) is 45.7 Å². The van der Waals surface area contributed by atoms with Gasteiger partial charge in [0.05, 0.1) is 19.3 Å². The smallest absolute Gasteiger partial charge is 0.331 e. The predicted octanol–water partition coefficient (Wildman–Crippen LogP) is 3.85. The van der Waals surface area contributed by atoms with Crippen molar-refractivity contribution in [2.24, 2.45) is 0 Å². The molecule has 0 bridgehead atoms. The summed E-state index contributed by atoms with van der Waals surface area (Å²) in [5.74, 6) is -0.318. The van der Waals surface area contributed by atoms with Crippen LogP contribution in [0.4, 0.5) is 0 Å². The molecule has 5 rings (SSSR count). The number of rotatable bonds is 8. The average Bonchev–Trinajstić information content (AvgIpc) is 3.30. The zero-order chi connectivity index (χ0) is 23.7. The van der Waals surface area contributed by atoms with Crippen molar-refractivity contribution in [1.29, 1.82) is 0 Å². The number of aromatic hydroxyl groups is 1. The molecule has 4 aromatic rings. The number of methoxy groups -OCH3 is 1. The van der Waals surface area contributed by atoms with Gasteiger partial charge in [-0.05, 0) is 36.5 Å². The molecule has 0 saturated heterocycles. The Hall–Kier alpha value is -3.74. The summed E-state index contributed by atoms with van der Waals surface area (Å²) < 4.78 is 10.1. The van der Waals surface area contributed by atoms with Gasteiger partial charge in [0.2, 0.25) is 5.88 Å². The fraction of sp³-hybridized carbons (Fsp3) is 0.333. The summed E-state index contributed by atoms with van der Waals surface area (Å²) in [6.07, 6.45) is 3.14. The second kappa shape index (κ2) is 9.25. The lowest BCUT2D eigenvalue weighted by atomic mass is 10.0. The third-order valence-electron chi connectivity index (χ3n) is 6.83. The third kappa shape index (κ3) is 3.91. The topological polar surface area (TPSA) is 78.4 Å². The van der Waals surface area contributed by atoms with E-state index in [9.17, 15) is 14.7 Å². The van der Waals surface area contributed by atoms with Gasteiger partial charge in [-0.15, -0.1) is 0 Å². The number of nitrogens with zero attached hydrogens (tertiary/aromatic N) is 3. The molecule has 7 nitrogen and oxygen atoms in total. The van der Waals surface area contributed by atoms with Crippen LogP contribution in [0.3, 0.4) is 0 Å². The molecule has 0 spiro atoms. The van der Waals surface area contributed by atoms with E-state index in [1.165, 1.54) is 33.7 Å². The number of para-hydroxylation sites is 1. The molecule has 1 aliphatic rings. The number of aryl methyl sites for hydroxylation is 2. The van der Waals surface area contributed by atoms with E-state index < -0.39 is 0 Å². The molecule has 2 aromatic heterocycles. The number of fused-ring (bicyclic) bond motifs is 4. The van der Waals surface area contributed by atoms with Gasteiger partial charge in [-0.1, -0.05) is 48.5 Å². The summed E-state index contributed by atoms with van der Waals surface area (Å²) >= 11 is 0. The monoisotopic (exact) mass is 459 g/mol. The second-order valence-corrected chi connectivity index (χ2v) is 8.83. The molecule has 0 amide bonds. The molecular weight excluding hydrogens is 430 g/mol. The van der Waals surface area contributed by atoms with Crippen LogP contribution in [0, 0.1) is 0 Å². The summed E-state index contributed by atoms with van der Waals surface area (Å²) in [6, 6.07) is 18.8. The molecule has 0 radical (unpaired) electrons. The van der Waals surface area contributed by atoms with Gasteiger partial charge in [0.1, 0.15) is 0 Å². The van der Waals surface area contributed by atoms with Crippen LogP contribution in [0.15, 0.2) is 59.4 Å². The van der Waals surface area contributed by atoms with Crippen LogP contribution in [0.25, 0.3) is 10.9 Å². The summed E-state index contributed by atoms with van der Waals surface area (Å²) in [6.45, 7) is 1.57. The first kappa shape index (κ1) is 22.1. The summed E-state index contributed by atoms with van der Waals surface area (Å²) in [4.78, 5) is 24.6. The predicted molar refractivity (Wildman–Crippen MR) is 130 cm³/mol. The highest BCUT2D eigenvalue weighted by Gasteiger charge is 2.29. The molecule has 1 N–H and O–H groups in total. The molecule has 0 saturated carbocycles. The van der Waals surface area contributed by atoms with E-state index in [4.69, 9.17) is 0 Å². The fourth-order valence-electron chi connectivity index (χ4n) is 5.12. The Balaban J connectivity index is 1.44. The van der Waals surface area contributed by atoms with E-state index in [0.717, 1.165) is 25.1 Å². The van der Waals surface area contributed by atoms with Gasteiger partial charge in [-0.3, -0.25) is 13.9 Å². The van der Waals surface area contributed by atoms with Crippen LogP contribution in [-0.2, 0) is 42.0 Å². The number of aromatic nitrogens is 3. The number of carbonyl (C=O) groups is 1. The van der Waals surface area contributed by atoms with Crippen molar-refractivity contribution >= 4 is 16.9 Å². The first-order chi connectivity index (χ1) is 16.6. The Labute approximate surface area is 197 Å². The normalized spacial score (nSPS) is 12.5. The Morgan fingerprint density at radius 2 is 1.71 bits per heavy atom. The molecule has 0 fully saturated rings. The van der Waals surface area contributed by atoms with Gasteiger partial charge >= 0.3 is 11.7 Å². The van der Waals surface area contributed by atoms with Crippen LogP contribution >= 0.6 is 0 Å². The lowest BCUT2D eigenvalue weighted by Crippen LogP contribution is -2.29. The second-order valence-electron chi connectivity index (χ2n) is 8.83. The summed E-state index contributed by atoms with van der Waals surface area (Å²) in [5.41, 5.74) is 5.21. The number of hydrogen-bond donors (Lipinski definition) is 1. The van der Waals surface area contributed by atoms with Crippen LogP contribution in [0.2, 0.25) is 0 Å². The number of ether oxygens (including phenoxy) is 1. The van der Waals surface area contributed by atoms with Crippen LogP contribution < -0.4 is 5.69 Å². The molecule has 7 heteroatoms. The number of hydrogen-bond acceptors (Lipinski definition) is 4. The van der Waals surface area contributed by atoms with Gasteiger partial charge in [-0.2, -0.15) is 0 Å². The maximum atomic E-state index is 13.2. The van der Waals surface area contributed by atoms with E-state index in [0.29, 0.717) is 25.1 Å². The minimum atomic E-state index is -0.320. The van der Waals surface area contributed by atoms with Crippen LogP contribution in [0.1, 0.15) is 41.8 Å².